The lowest BCUT2D eigenvalue weighted by molar-refractivity contribution is -0.0709. The van der Waals surface area contributed by atoms with Crippen LogP contribution in [0.5, 0.6) is 0 Å². The van der Waals surface area contributed by atoms with E-state index in [4.69, 9.17) is 10.5 Å². The molecule has 0 aromatic rings. The van der Waals surface area contributed by atoms with Gasteiger partial charge in [-0.05, 0) is 30.5 Å². The van der Waals surface area contributed by atoms with Gasteiger partial charge in [0, 0.05) is 19.3 Å². The largest absolute Gasteiger partial charge is 0.404 e. The molecule has 4 heteroatoms. The number of rotatable bonds is 4. The third-order valence-electron chi connectivity index (χ3n) is 3.93. The number of hydrogen-bond donors (Lipinski definition) is 1. The molecular formula is C14H25N3O. The molecule has 4 nitrogen and oxygen atoms in total. The van der Waals surface area contributed by atoms with Crippen molar-refractivity contribution in [3.05, 3.63) is 11.8 Å². The molecule has 2 N–H and O–H groups in total. The lowest BCUT2D eigenvalue weighted by Crippen LogP contribution is -2.52. The Kier molecular flexibility index (Phi) is 4.78. The minimum atomic E-state index is 0.450. The topological polar surface area (TPSA) is 50.8 Å². The van der Waals surface area contributed by atoms with E-state index in [1.165, 1.54) is 0 Å². The van der Waals surface area contributed by atoms with Crippen molar-refractivity contribution in [1.29, 1.82) is 0 Å². The van der Waals surface area contributed by atoms with Gasteiger partial charge in [0.1, 0.15) is 0 Å². The molecule has 2 heterocycles. The van der Waals surface area contributed by atoms with E-state index in [1.807, 2.05) is 6.21 Å². The number of hydrogen-bond acceptors (Lipinski definition) is 4. The van der Waals surface area contributed by atoms with Crippen molar-refractivity contribution in [3.63, 3.8) is 0 Å². The van der Waals surface area contributed by atoms with Crippen LogP contribution in [0, 0.1) is 5.92 Å². The first-order valence-electron chi connectivity index (χ1n) is 6.97. The van der Waals surface area contributed by atoms with Crippen LogP contribution < -0.4 is 5.73 Å². The van der Waals surface area contributed by atoms with Crippen LogP contribution in [0.15, 0.2) is 16.8 Å². The van der Waals surface area contributed by atoms with Crippen molar-refractivity contribution >= 4 is 6.21 Å². The molecule has 0 bridgehead atoms. The van der Waals surface area contributed by atoms with Crippen LogP contribution in [-0.4, -0.2) is 49.5 Å². The molecule has 2 fully saturated rings. The van der Waals surface area contributed by atoms with Gasteiger partial charge in [-0.25, -0.2) is 0 Å². The van der Waals surface area contributed by atoms with Crippen LogP contribution in [0.2, 0.25) is 0 Å². The molecule has 2 saturated heterocycles. The van der Waals surface area contributed by atoms with E-state index in [9.17, 15) is 0 Å². The summed E-state index contributed by atoms with van der Waals surface area (Å²) in [5, 5.41) is 0. The Bertz CT molecular complexity index is 313. The number of aliphatic imine (C=N–C) groups is 1. The smallest absolute Gasteiger partial charge is 0.0645 e. The maximum atomic E-state index is 5.60. The minimum absolute atomic E-state index is 0.450. The van der Waals surface area contributed by atoms with Gasteiger partial charge in [0.25, 0.3) is 0 Å². The summed E-state index contributed by atoms with van der Waals surface area (Å²) in [6.45, 7) is 8.43. The summed E-state index contributed by atoms with van der Waals surface area (Å²) in [6.07, 6.45) is 5.96. The fraction of sp³-hybridized carbons (Fsp3) is 0.786. The second kappa shape index (κ2) is 6.34. The van der Waals surface area contributed by atoms with Crippen LogP contribution in [0.3, 0.4) is 0 Å². The Hall–Kier alpha value is -0.870. The lowest BCUT2D eigenvalue weighted by Gasteiger charge is -2.40. The fourth-order valence-corrected chi connectivity index (χ4v) is 2.41. The van der Waals surface area contributed by atoms with Gasteiger partial charge < -0.3 is 10.5 Å². The molecule has 2 rings (SSSR count). The van der Waals surface area contributed by atoms with Crippen LogP contribution in [0.4, 0.5) is 0 Å². The normalized spacial score (nSPS) is 24.9. The summed E-state index contributed by atoms with van der Waals surface area (Å²) in [5.41, 5.74) is 6.73. The molecule has 0 radical (unpaired) electrons. The summed E-state index contributed by atoms with van der Waals surface area (Å²) in [4.78, 5) is 7.22. The molecule has 0 aliphatic carbocycles. The summed E-state index contributed by atoms with van der Waals surface area (Å²) in [7, 11) is 0. The summed E-state index contributed by atoms with van der Waals surface area (Å²) >= 11 is 0. The Morgan fingerprint density at radius 2 is 2.00 bits per heavy atom. The monoisotopic (exact) mass is 251 g/mol. The molecule has 2 aliphatic heterocycles. The first-order chi connectivity index (χ1) is 8.70. The fourth-order valence-electron chi connectivity index (χ4n) is 2.41. The highest BCUT2D eigenvalue weighted by Crippen LogP contribution is 2.19. The van der Waals surface area contributed by atoms with E-state index in [0.717, 1.165) is 44.7 Å². The Balaban J connectivity index is 1.77. The van der Waals surface area contributed by atoms with Crippen LogP contribution in [0.1, 0.15) is 26.7 Å². The summed E-state index contributed by atoms with van der Waals surface area (Å²) in [5.74, 6) is 0.450. The molecular weight excluding hydrogens is 226 g/mol. The van der Waals surface area contributed by atoms with Gasteiger partial charge in [-0.3, -0.25) is 9.89 Å². The molecule has 0 aromatic heterocycles. The predicted octanol–water partition coefficient (Wildman–Crippen LogP) is 1.42. The summed E-state index contributed by atoms with van der Waals surface area (Å²) < 4.78 is 5.24. The van der Waals surface area contributed by atoms with Crippen LogP contribution in [-0.2, 0) is 4.74 Å². The highest BCUT2D eigenvalue weighted by Gasteiger charge is 2.29. The Labute approximate surface area is 110 Å². The van der Waals surface area contributed by atoms with Crippen LogP contribution in [0.25, 0.3) is 0 Å². The Morgan fingerprint density at radius 3 is 2.44 bits per heavy atom. The molecule has 0 amide bonds. The van der Waals surface area contributed by atoms with E-state index in [2.05, 4.69) is 23.7 Å². The van der Waals surface area contributed by atoms with Crippen LogP contribution >= 0.6 is 0 Å². The molecule has 0 unspecified atom stereocenters. The van der Waals surface area contributed by atoms with Crippen molar-refractivity contribution in [2.75, 3.05) is 26.3 Å². The molecule has 18 heavy (non-hydrogen) atoms. The zero-order valence-electron chi connectivity index (χ0n) is 11.5. The minimum Gasteiger partial charge on any atom is -0.404 e. The highest BCUT2D eigenvalue weighted by atomic mass is 16.5. The van der Waals surface area contributed by atoms with Crippen molar-refractivity contribution < 1.29 is 4.74 Å². The third kappa shape index (κ3) is 3.33. The van der Waals surface area contributed by atoms with Gasteiger partial charge in [0.15, 0.2) is 0 Å². The Morgan fingerprint density at radius 1 is 1.33 bits per heavy atom. The maximum absolute atomic E-state index is 5.60. The van der Waals surface area contributed by atoms with Gasteiger partial charge in [-0.1, -0.05) is 13.8 Å². The number of ether oxygens (including phenoxy) is 1. The SMILES string of the molecule is CC(C)/C(C=NC1CCN(C2COC2)CC1)=C/N. The first kappa shape index (κ1) is 13.6. The van der Waals surface area contributed by atoms with Crippen molar-refractivity contribution in [3.8, 4) is 0 Å². The van der Waals surface area contributed by atoms with Crippen molar-refractivity contribution in [2.45, 2.75) is 38.8 Å². The first-order valence-corrected chi connectivity index (χ1v) is 6.97. The van der Waals surface area contributed by atoms with Gasteiger partial charge in [0.2, 0.25) is 0 Å². The van der Waals surface area contributed by atoms with E-state index in [0.29, 0.717) is 18.0 Å². The predicted molar refractivity (Wildman–Crippen MR) is 74.8 cm³/mol. The van der Waals surface area contributed by atoms with Gasteiger partial charge >= 0.3 is 0 Å². The average molecular weight is 251 g/mol. The molecule has 0 aromatic carbocycles. The van der Waals surface area contributed by atoms with Gasteiger partial charge in [-0.2, -0.15) is 0 Å². The second-order valence-electron chi connectivity index (χ2n) is 5.56. The summed E-state index contributed by atoms with van der Waals surface area (Å²) in [6, 6.07) is 1.14. The molecule has 102 valence electrons. The highest BCUT2D eigenvalue weighted by molar-refractivity contribution is 5.78. The molecule has 0 atom stereocenters. The number of allylic oxidation sites excluding steroid dienone is 1. The average Bonchev–Trinajstić information content (AvgIpc) is 2.29. The van der Waals surface area contributed by atoms with Crippen molar-refractivity contribution in [2.24, 2.45) is 16.6 Å². The van der Waals surface area contributed by atoms with Gasteiger partial charge in [-0.15, -0.1) is 0 Å². The molecule has 2 aliphatic rings. The molecule has 0 saturated carbocycles. The zero-order valence-corrected chi connectivity index (χ0v) is 11.5. The number of likely N-dealkylation sites (tertiary alicyclic amines) is 1. The number of nitrogens with two attached hydrogens (primary N) is 1. The lowest BCUT2D eigenvalue weighted by atomic mass is 10.0. The standard InChI is InChI=1S/C14H25N3O/c1-11(2)12(7-15)8-16-13-3-5-17(6-4-13)14-9-18-10-14/h7-8,11,13-14H,3-6,9-10,15H2,1-2H3/b12-7+,16-8?. The van der Waals surface area contributed by atoms with E-state index < -0.39 is 0 Å². The second-order valence-corrected chi connectivity index (χ2v) is 5.56. The maximum Gasteiger partial charge on any atom is 0.0645 e. The quantitative estimate of drug-likeness (QED) is 0.769. The van der Waals surface area contributed by atoms with E-state index >= 15 is 0 Å². The number of nitrogens with zero attached hydrogens (tertiary/aromatic N) is 2. The third-order valence-corrected chi connectivity index (χ3v) is 3.93. The van der Waals surface area contributed by atoms with E-state index in [1.54, 1.807) is 6.20 Å². The molecule has 0 spiro atoms. The van der Waals surface area contributed by atoms with Crippen molar-refractivity contribution in [1.82, 2.24) is 4.90 Å². The zero-order chi connectivity index (χ0) is 13.0. The van der Waals surface area contributed by atoms with E-state index in [-0.39, 0.29) is 0 Å². The number of piperidine rings is 1. The van der Waals surface area contributed by atoms with Gasteiger partial charge in [0.05, 0.1) is 25.3 Å².